The highest BCUT2D eigenvalue weighted by Crippen LogP contribution is 2.40. The molecule has 1 aromatic carbocycles. The Balaban J connectivity index is 1.19. The van der Waals surface area contributed by atoms with Gasteiger partial charge in [0.05, 0.1) is 17.8 Å². The molecule has 3 aromatic heterocycles. The van der Waals surface area contributed by atoms with Crippen LogP contribution >= 0.6 is 0 Å². The van der Waals surface area contributed by atoms with E-state index in [0.717, 1.165) is 47.2 Å². The highest BCUT2D eigenvalue weighted by Gasteiger charge is 2.30. The molecule has 0 radical (unpaired) electrons. The zero-order valence-corrected chi connectivity index (χ0v) is 20.8. The van der Waals surface area contributed by atoms with Crippen LogP contribution in [0, 0.1) is 0 Å². The summed E-state index contributed by atoms with van der Waals surface area (Å²) in [6.07, 6.45) is 7.37. The van der Waals surface area contributed by atoms with Crippen LogP contribution in [0.4, 0.5) is 10.6 Å². The summed E-state index contributed by atoms with van der Waals surface area (Å²) in [6.45, 7) is 4.50. The minimum absolute atomic E-state index is 0.0417. The summed E-state index contributed by atoms with van der Waals surface area (Å²) in [6, 6.07) is 8.89. The predicted molar refractivity (Wildman–Crippen MR) is 136 cm³/mol. The van der Waals surface area contributed by atoms with E-state index in [9.17, 15) is 9.59 Å². The third-order valence-electron chi connectivity index (χ3n) is 6.97. The number of nitrogens with one attached hydrogen (secondary N) is 1. The summed E-state index contributed by atoms with van der Waals surface area (Å²) >= 11 is 0. The zero-order valence-electron chi connectivity index (χ0n) is 20.8. The summed E-state index contributed by atoms with van der Waals surface area (Å²) < 4.78 is 13.0. The lowest BCUT2D eigenvalue weighted by Crippen LogP contribution is -2.43. The molecule has 1 saturated carbocycles. The molecule has 10 nitrogen and oxygen atoms in total. The summed E-state index contributed by atoms with van der Waals surface area (Å²) in [5.74, 6) is 2.90. The predicted octanol–water partition coefficient (Wildman–Crippen LogP) is 5.24. The number of carbonyl (C=O) groups is 2. The molecule has 4 heterocycles. The van der Waals surface area contributed by atoms with E-state index in [1.165, 1.54) is 10.9 Å². The number of anilines is 1. The van der Waals surface area contributed by atoms with Crippen molar-refractivity contribution >= 4 is 28.7 Å². The highest BCUT2D eigenvalue weighted by molar-refractivity contribution is 5.98. The van der Waals surface area contributed by atoms with E-state index in [4.69, 9.17) is 9.26 Å². The van der Waals surface area contributed by atoms with Gasteiger partial charge in [0.15, 0.2) is 5.82 Å². The van der Waals surface area contributed by atoms with E-state index in [2.05, 4.69) is 20.4 Å². The van der Waals surface area contributed by atoms with E-state index < -0.39 is 0 Å². The minimum Gasteiger partial charge on any atom is -0.439 e. The number of fused-ring (bicyclic) bond motifs is 2. The second-order valence-electron chi connectivity index (χ2n) is 9.76. The Kier molecular flexibility index (Phi) is 5.86. The number of carbonyl (C=O) groups excluding carboxylic acids is 2. The molecule has 6 rings (SSSR count). The minimum atomic E-state index is -0.319. The van der Waals surface area contributed by atoms with Crippen molar-refractivity contribution in [2.75, 3.05) is 5.32 Å². The first kappa shape index (κ1) is 23.2. The molecular weight excluding hydrogens is 472 g/mol. The summed E-state index contributed by atoms with van der Waals surface area (Å²) in [4.78, 5) is 36.1. The topological polar surface area (TPSA) is 115 Å². The van der Waals surface area contributed by atoms with Gasteiger partial charge < -0.3 is 14.2 Å². The molecule has 2 aliphatic rings. The molecule has 1 unspecified atom stereocenters. The number of nitrogens with zero attached hydrogens (tertiary/aromatic N) is 5. The lowest BCUT2D eigenvalue weighted by molar-refractivity contribution is -0.134. The summed E-state index contributed by atoms with van der Waals surface area (Å²) in [5.41, 5.74) is 2.47. The van der Waals surface area contributed by atoms with Gasteiger partial charge in [-0.2, -0.15) is 0 Å². The number of amides is 2. The fourth-order valence-corrected chi connectivity index (χ4v) is 4.82. The summed E-state index contributed by atoms with van der Waals surface area (Å²) in [7, 11) is 0. The number of hydrogen-bond donors (Lipinski definition) is 1. The maximum absolute atomic E-state index is 12.9. The van der Waals surface area contributed by atoms with Crippen molar-refractivity contribution in [2.45, 2.75) is 64.5 Å². The molecule has 2 amide bonds. The zero-order chi connectivity index (χ0) is 25.5. The molecule has 4 aromatic rings. The molecule has 190 valence electrons. The Morgan fingerprint density at radius 1 is 1.19 bits per heavy atom. The SMILES string of the molecule is CCCC(=O)N1Cc2ncnc(Oc3ccc4c(ccn4C(=O)Nc4cc(C5CC5)on4)c3)c2CC1C. The van der Waals surface area contributed by atoms with Crippen molar-refractivity contribution < 1.29 is 18.8 Å². The fourth-order valence-electron chi connectivity index (χ4n) is 4.82. The lowest BCUT2D eigenvalue weighted by Gasteiger charge is -2.34. The molecule has 1 aliphatic heterocycles. The molecule has 0 spiro atoms. The van der Waals surface area contributed by atoms with Gasteiger partial charge in [0.2, 0.25) is 11.8 Å². The van der Waals surface area contributed by atoms with Gasteiger partial charge in [0.25, 0.3) is 0 Å². The number of benzene rings is 1. The molecule has 37 heavy (non-hydrogen) atoms. The Morgan fingerprint density at radius 2 is 2.05 bits per heavy atom. The average molecular weight is 501 g/mol. The third kappa shape index (κ3) is 4.54. The average Bonchev–Trinajstić information content (AvgIpc) is 3.49. The lowest BCUT2D eigenvalue weighted by atomic mass is 9.99. The van der Waals surface area contributed by atoms with Gasteiger partial charge in [-0.15, -0.1) is 0 Å². The molecule has 1 N–H and O–H groups in total. The van der Waals surface area contributed by atoms with Crippen molar-refractivity contribution in [3.8, 4) is 11.6 Å². The highest BCUT2D eigenvalue weighted by atomic mass is 16.5. The van der Waals surface area contributed by atoms with Crippen LogP contribution in [0.25, 0.3) is 10.9 Å². The van der Waals surface area contributed by atoms with Gasteiger partial charge in [0.1, 0.15) is 17.8 Å². The van der Waals surface area contributed by atoms with Gasteiger partial charge in [-0.25, -0.2) is 14.8 Å². The number of ether oxygens (including phenoxy) is 1. The van der Waals surface area contributed by atoms with Gasteiger partial charge in [-0.3, -0.25) is 14.7 Å². The Morgan fingerprint density at radius 3 is 2.86 bits per heavy atom. The molecule has 0 saturated heterocycles. The maximum atomic E-state index is 12.9. The van der Waals surface area contributed by atoms with Crippen LogP contribution in [0.3, 0.4) is 0 Å². The molecule has 1 fully saturated rings. The summed E-state index contributed by atoms with van der Waals surface area (Å²) in [5, 5.41) is 7.60. The molecular formula is C27H28N6O4. The van der Waals surface area contributed by atoms with Crippen LogP contribution < -0.4 is 10.1 Å². The van der Waals surface area contributed by atoms with Gasteiger partial charge >= 0.3 is 6.03 Å². The van der Waals surface area contributed by atoms with Crippen LogP contribution in [0.15, 0.2) is 47.4 Å². The Bertz CT molecular complexity index is 1490. The van der Waals surface area contributed by atoms with Gasteiger partial charge in [-0.05, 0) is 56.9 Å². The van der Waals surface area contributed by atoms with Crippen LogP contribution in [0.2, 0.25) is 0 Å². The number of rotatable bonds is 6. The quantitative estimate of drug-likeness (QED) is 0.385. The first-order valence-corrected chi connectivity index (χ1v) is 12.7. The second-order valence-corrected chi connectivity index (χ2v) is 9.76. The normalized spacial score (nSPS) is 17.0. The van der Waals surface area contributed by atoms with Gasteiger partial charge in [0, 0.05) is 41.6 Å². The van der Waals surface area contributed by atoms with E-state index in [0.29, 0.717) is 42.8 Å². The first-order valence-electron chi connectivity index (χ1n) is 12.7. The van der Waals surface area contributed by atoms with Crippen molar-refractivity contribution in [2.24, 2.45) is 0 Å². The van der Waals surface area contributed by atoms with E-state index in [1.807, 2.05) is 43.0 Å². The van der Waals surface area contributed by atoms with Crippen molar-refractivity contribution in [1.29, 1.82) is 0 Å². The van der Waals surface area contributed by atoms with E-state index >= 15 is 0 Å². The van der Waals surface area contributed by atoms with Crippen LogP contribution in [0.5, 0.6) is 11.6 Å². The molecule has 1 atom stereocenters. The molecule has 10 heteroatoms. The fraction of sp³-hybridized carbons (Fsp3) is 0.370. The monoisotopic (exact) mass is 500 g/mol. The van der Waals surface area contributed by atoms with Crippen molar-refractivity contribution in [3.05, 3.63) is 59.9 Å². The van der Waals surface area contributed by atoms with Crippen molar-refractivity contribution in [1.82, 2.24) is 24.6 Å². The van der Waals surface area contributed by atoms with E-state index in [1.54, 1.807) is 12.3 Å². The second kappa shape index (κ2) is 9.34. The smallest absolute Gasteiger partial charge is 0.331 e. The first-order chi connectivity index (χ1) is 18.0. The maximum Gasteiger partial charge on any atom is 0.331 e. The van der Waals surface area contributed by atoms with Crippen molar-refractivity contribution in [3.63, 3.8) is 0 Å². The largest absolute Gasteiger partial charge is 0.439 e. The van der Waals surface area contributed by atoms with E-state index in [-0.39, 0.29) is 18.0 Å². The standard InChI is InChI=1S/C27H28N6O4/c1-3-4-25(34)33-14-21-20(11-16(33)2)26(29-15-28-21)36-19-7-8-22-18(12-19)9-10-32(22)27(35)30-24-13-23(37-31-24)17-5-6-17/h7-10,12-13,15-17H,3-6,11,14H2,1-2H3,(H,30,31,35). The number of aromatic nitrogens is 4. The van der Waals surface area contributed by atoms with Gasteiger partial charge in [-0.1, -0.05) is 12.1 Å². The van der Waals surface area contributed by atoms with Crippen LogP contribution in [0.1, 0.15) is 62.5 Å². The molecule has 0 bridgehead atoms. The number of hydrogen-bond acceptors (Lipinski definition) is 7. The van der Waals surface area contributed by atoms with Crippen LogP contribution in [-0.4, -0.2) is 42.6 Å². The Labute approximate surface area is 213 Å². The van der Waals surface area contributed by atoms with Crippen LogP contribution in [-0.2, 0) is 17.8 Å². The third-order valence-corrected chi connectivity index (χ3v) is 6.97. The molecule has 1 aliphatic carbocycles. The Hall–Kier alpha value is -4.21.